The van der Waals surface area contributed by atoms with Crippen LogP contribution in [0, 0.1) is 0 Å². The standard InChI is InChI=1S/C12H14O6/c1-15-11-9(18-6-7-5-17-7)4-3-8(10(11)13)12(14)16-2/h3-4,7,13H,5-6H2,1-2H3/t7-/m1/s1. The number of carbonyl (C=O) groups is 1. The summed E-state index contributed by atoms with van der Waals surface area (Å²) in [6, 6.07) is 2.97. The van der Waals surface area contributed by atoms with Crippen LogP contribution in [0.4, 0.5) is 0 Å². The highest BCUT2D eigenvalue weighted by Crippen LogP contribution is 2.39. The molecule has 1 aromatic rings. The summed E-state index contributed by atoms with van der Waals surface area (Å²) in [7, 11) is 2.62. The van der Waals surface area contributed by atoms with Crippen molar-refractivity contribution >= 4 is 5.97 Å². The number of aromatic hydroxyl groups is 1. The van der Waals surface area contributed by atoms with Gasteiger partial charge < -0.3 is 24.1 Å². The zero-order valence-electron chi connectivity index (χ0n) is 10.1. The number of epoxide rings is 1. The van der Waals surface area contributed by atoms with Crippen molar-refractivity contribution in [1.82, 2.24) is 0 Å². The van der Waals surface area contributed by atoms with E-state index in [4.69, 9.17) is 14.2 Å². The van der Waals surface area contributed by atoms with Crippen LogP contribution in [-0.4, -0.2) is 44.6 Å². The van der Waals surface area contributed by atoms with Crippen LogP contribution >= 0.6 is 0 Å². The van der Waals surface area contributed by atoms with Crippen LogP contribution in [0.5, 0.6) is 17.2 Å². The van der Waals surface area contributed by atoms with E-state index in [2.05, 4.69) is 4.74 Å². The van der Waals surface area contributed by atoms with Crippen molar-refractivity contribution in [1.29, 1.82) is 0 Å². The molecule has 1 fully saturated rings. The summed E-state index contributed by atoms with van der Waals surface area (Å²) in [5.41, 5.74) is 0.0318. The van der Waals surface area contributed by atoms with Gasteiger partial charge in [0.15, 0.2) is 11.5 Å². The van der Waals surface area contributed by atoms with Crippen molar-refractivity contribution in [3.8, 4) is 17.2 Å². The minimum Gasteiger partial charge on any atom is -0.504 e. The number of methoxy groups -OCH3 is 2. The van der Waals surface area contributed by atoms with Crippen molar-refractivity contribution in [3.63, 3.8) is 0 Å². The molecule has 0 radical (unpaired) electrons. The van der Waals surface area contributed by atoms with E-state index in [0.29, 0.717) is 19.0 Å². The number of hydrogen-bond donors (Lipinski definition) is 1. The van der Waals surface area contributed by atoms with Gasteiger partial charge in [0.05, 0.1) is 20.8 Å². The lowest BCUT2D eigenvalue weighted by atomic mass is 10.1. The van der Waals surface area contributed by atoms with Gasteiger partial charge in [-0.05, 0) is 12.1 Å². The van der Waals surface area contributed by atoms with Gasteiger partial charge in [0, 0.05) is 0 Å². The van der Waals surface area contributed by atoms with Crippen molar-refractivity contribution in [3.05, 3.63) is 17.7 Å². The summed E-state index contributed by atoms with van der Waals surface area (Å²) >= 11 is 0. The Balaban J connectivity index is 2.24. The molecular weight excluding hydrogens is 240 g/mol. The van der Waals surface area contributed by atoms with Gasteiger partial charge >= 0.3 is 5.97 Å². The summed E-state index contributed by atoms with van der Waals surface area (Å²) in [5.74, 6) is -0.460. The third-order valence-electron chi connectivity index (χ3n) is 2.53. The van der Waals surface area contributed by atoms with Crippen molar-refractivity contribution in [2.24, 2.45) is 0 Å². The van der Waals surface area contributed by atoms with Crippen molar-refractivity contribution in [2.45, 2.75) is 6.10 Å². The first kappa shape index (κ1) is 12.5. The number of phenols is 1. The predicted octanol–water partition coefficient (Wildman–Crippen LogP) is 0.965. The fraction of sp³-hybridized carbons (Fsp3) is 0.417. The lowest BCUT2D eigenvalue weighted by Crippen LogP contribution is -2.07. The number of benzene rings is 1. The zero-order valence-corrected chi connectivity index (χ0v) is 10.1. The second-order valence-corrected chi connectivity index (χ2v) is 3.75. The third-order valence-corrected chi connectivity index (χ3v) is 2.53. The molecule has 0 unspecified atom stereocenters. The van der Waals surface area contributed by atoms with Crippen molar-refractivity contribution in [2.75, 3.05) is 27.4 Å². The van der Waals surface area contributed by atoms with Crippen molar-refractivity contribution < 1.29 is 28.8 Å². The fourth-order valence-electron chi connectivity index (χ4n) is 1.49. The van der Waals surface area contributed by atoms with Crippen LogP contribution in [0.1, 0.15) is 10.4 Å². The molecule has 1 N–H and O–H groups in total. The molecule has 0 aromatic heterocycles. The lowest BCUT2D eigenvalue weighted by Gasteiger charge is -2.13. The van der Waals surface area contributed by atoms with Crippen LogP contribution < -0.4 is 9.47 Å². The Kier molecular flexibility index (Phi) is 3.57. The second-order valence-electron chi connectivity index (χ2n) is 3.75. The van der Waals surface area contributed by atoms with E-state index in [1.165, 1.54) is 20.3 Å². The molecule has 0 aliphatic carbocycles. The third kappa shape index (κ3) is 2.48. The number of phenolic OH excluding ortho intramolecular Hbond substituents is 1. The molecule has 0 saturated carbocycles. The van der Waals surface area contributed by atoms with Gasteiger partial charge in [-0.15, -0.1) is 0 Å². The van der Waals surface area contributed by atoms with E-state index in [-0.39, 0.29) is 23.2 Å². The van der Waals surface area contributed by atoms with Gasteiger partial charge in [0.1, 0.15) is 18.3 Å². The van der Waals surface area contributed by atoms with E-state index in [1.807, 2.05) is 0 Å². The quantitative estimate of drug-likeness (QED) is 0.623. The highest BCUT2D eigenvalue weighted by Gasteiger charge is 2.25. The molecule has 0 amide bonds. The summed E-state index contributed by atoms with van der Waals surface area (Å²) in [6.45, 7) is 1.06. The Morgan fingerprint density at radius 1 is 1.50 bits per heavy atom. The van der Waals surface area contributed by atoms with Gasteiger partial charge in [-0.3, -0.25) is 0 Å². The number of hydrogen-bond acceptors (Lipinski definition) is 6. The minimum atomic E-state index is -0.636. The summed E-state index contributed by atoms with van der Waals surface area (Å²) in [6.07, 6.45) is 0.0946. The Morgan fingerprint density at radius 2 is 2.22 bits per heavy atom. The van der Waals surface area contributed by atoms with E-state index >= 15 is 0 Å². The smallest absolute Gasteiger partial charge is 0.341 e. The van der Waals surface area contributed by atoms with Crippen LogP contribution in [0.25, 0.3) is 0 Å². The highest BCUT2D eigenvalue weighted by molar-refractivity contribution is 5.93. The van der Waals surface area contributed by atoms with Crippen LogP contribution in [-0.2, 0) is 9.47 Å². The molecule has 6 nitrogen and oxygen atoms in total. The Bertz CT molecular complexity index is 452. The molecule has 18 heavy (non-hydrogen) atoms. The van der Waals surface area contributed by atoms with Crippen LogP contribution in [0.3, 0.4) is 0 Å². The molecule has 6 heteroatoms. The van der Waals surface area contributed by atoms with E-state index < -0.39 is 5.97 Å². The molecule has 0 spiro atoms. The maximum atomic E-state index is 11.4. The average molecular weight is 254 g/mol. The van der Waals surface area contributed by atoms with Gasteiger partial charge in [-0.2, -0.15) is 0 Å². The SMILES string of the molecule is COC(=O)c1ccc(OC[C@H]2CO2)c(OC)c1O. The number of esters is 1. The molecule has 0 bridgehead atoms. The summed E-state index contributed by atoms with van der Waals surface area (Å²) < 4.78 is 20.0. The monoisotopic (exact) mass is 254 g/mol. The first-order chi connectivity index (χ1) is 8.67. The number of ether oxygens (including phenoxy) is 4. The highest BCUT2D eigenvalue weighted by atomic mass is 16.6. The normalized spacial score (nSPS) is 17.1. The van der Waals surface area contributed by atoms with Gasteiger partial charge in [-0.25, -0.2) is 4.79 Å². The molecule has 2 rings (SSSR count). The largest absolute Gasteiger partial charge is 0.504 e. The summed E-state index contributed by atoms with van der Waals surface area (Å²) in [5, 5.41) is 9.91. The van der Waals surface area contributed by atoms with E-state index in [1.54, 1.807) is 6.07 Å². The van der Waals surface area contributed by atoms with Crippen LogP contribution in [0.2, 0.25) is 0 Å². The zero-order chi connectivity index (χ0) is 13.1. The Hall–Kier alpha value is -1.95. The Morgan fingerprint density at radius 3 is 2.78 bits per heavy atom. The van der Waals surface area contributed by atoms with Gasteiger partial charge in [-0.1, -0.05) is 0 Å². The molecule has 1 atom stereocenters. The van der Waals surface area contributed by atoms with Crippen LogP contribution in [0.15, 0.2) is 12.1 Å². The average Bonchev–Trinajstić information content (AvgIpc) is 3.19. The topological polar surface area (TPSA) is 77.5 Å². The molecule has 1 heterocycles. The number of carbonyl (C=O) groups excluding carboxylic acids is 1. The molecule has 1 aromatic carbocycles. The van der Waals surface area contributed by atoms with E-state index in [9.17, 15) is 9.90 Å². The fourth-order valence-corrected chi connectivity index (χ4v) is 1.49. The maximum absolute atomic E-state index is 11.4. The van der Waals surface area contributed by atoms with E-state index in [0.717, 1.165) is 0 Å². The first-order valence-corrected chi connectivity index (χ1v) is 5.40. The van der Waals surface area contributed by atoms with Gasteiger partial charge in [0.25, 0.3) is 0 Å². The second kappa shape index (κ2) is 5.14. The molecule has 1 aliphatic rings. The van der Waals surface area contributed by atoms with Gasteiger partial charge in [0.2, 0.25) is 5.75 Å². The lowest BCUT2D eigenvalue weighted by molar-refractivity contribution is 0.0596. The minimum absolute atomic E-state index is 0.0318. The Labute approximate surface area is 104 Å². The molecular formula is C12H14O6. The predicted molar refractivity (Wildman–Crippen MR) is 61.2 cm³/mol. The molecule has 1 aliphatic heterocycles. The summed E-state index contributed by atoms with van der Waals surface area (Å²) in [4.78, 5) is 11.4. The number of rotatable bonds is 5. The molecule has 1 saturated heterocycles. The maximum Gasteiger partial charge on any atom is 0.341 e. The first-order valence-electron chi connectivity index (χ1n) is 5.40. The molecule has 98 valence electrons.